The molecule has 1 unspecified atom stereocenters. The van der Waals surface area contributed by atoms with Crippen molar-refractivity contribution in [2.45, 2.75) is 19.6 Å². The summed E-state index contributed by atoms with van der Waals surface area (Å²) in [5.41, 5.74) is 3.07. The van der Waals surface area contributed by atoms with Gasteiger partial charge in [-0.15, -0.1) is 11.3 Å². The van der Waals surface area contributed by atoms with Gasteiger partial charge in [0.25, 0.3) is 5.91 Å². The summed E-state index contributed by atoms with van der Waals surface area (Å²) in [6.45, 7) is 3.81. The molecule has 1 aromatic heterocycles. The second-order valence-electron chi connectivity index (χ2n) is 5.10. The molecule has 0 radical (unpaired) electrons. The van der Waals surface area contributed by atoms with Crippen LogP contribution < -0.4 is 5.32 Å². The molecule has 22 heavy (non-hydrogen) atoms. The largest absolute Gasteiger partial charge is 0.376 e. The summed E-state index contributed by atoms with van der Waals surface area (Å²) >= 11 is 1.63. The van der Waals surface area contributed by atoms with Crippen LogP contribution in [0, 0.1) is 6.92 Å². The minimum Gasteiger partial charge on any atom is -0.376 e. The number of thiazole rings is 1. The van der Waals surface area contributed by atoms with Crippen LogP contribution in [-0.2, 0) is 20.8 Å². The van der Waals surface area contributed by atoms with Crippen molar-refractivity contribution in [3.63, 3.8) is 0 Å². The van der Waals surface area contributed by atoms with Gasteiger partial charge in [0.1, 0.15) is 0 Å². The summed E-state index contributed by atoms with van der Waals surface area (Å²) < 4.78 is 10.6. The van der Waals surface area contributed by atoms with Crippen LogP contribution >= 0.6 is 11.3 Å². The Morgan fingerprint density at radius 1 is 1.45 bits per heavy atom. The van der Waals surface area contributed by atoms with Crippen molar-refractivity contribution in [3.8, 4) is 11.3 Å². The Kier molecular flexibility index (Phi) is 4.82. The summed E-state index contributed by atoms with van der Waals surface area (Å²) in [4.78, 5) is 16.5. The SMILES string of the molecule is Cc1nc(-c2cccc(CNC(=O)C3COCCO3)c2)cs1. The molecule has 1 aliphatic rings. The molecule has 3 rings (SSSR count). The number of hydrogen-bond acceptors (Lipinski definition) is 5. The third-order valence-corrected chi connectivity index (χ3v) is 4.19. The zero-order valence-electron chi connectivity index (χ0n) is 12.4. The van der Waals surface area contributed by atoms with Gasteiger partial charge in [-0.1, -0.05) is 18.2 Å². The number of hydrogen-bond donors (Lipinski definition) is 1. The molecular formula is C16H18N2O3S. The second kappa shape index (κ2) is 7.00. The second-order valence-corrected chi connectivity index (χ2v) is 6.17. The fourth-order valence-corrected chi connectivity index (χ4v) is 2.90. The Morgan fingerprint density at radius 3 is 3.09 bits per heavy atom. The highest BCUT2D eigenvalue weighted by molar-refractivity contribution is 7.09. The lowest BCUT2D eigenvalue weighted by Crippen LogP contribution is -2.42. The predicted octanol–water partition coefficient (Wildman–Crippen LogP) is 2.15. The topological polar surface area (TPSA) is 60.5 Å². The molecular weight excluding hydrogens is 300 g/mol. The summed E-state index contributed by atoms with van der Waals surface area (Å²) in [5.74, 6) is -0.130. The van der Waals surface area contributed by atoms with E-state index < -0.39 is 6.10 Å². The van der Waals surface area contributed by atoms with Crippen LogP contribution in [0.1, 0.15) is 10.6 Å². The van der Waals surface area contributed by atoms with Crippen LogP contribution in [0.15, 0.2) is 29.6 Å². The summed E-state index contributed by atoms with van der Waals surface area (Å²) in [6.07, 6.45) is -0.502. The highest BCUT2D eigenvalue weighted by atomic mass is 32.1. The summed E-state index contributed by atoms with van der Waals surface area (Å²) in [5, 5.41) is 5.98. The fraction of sp³-hybridized carbons (Fsp3) is 0.375. The van der Waals surface area contributed by atoms with Crippen molar-refractivity contribution >= 4 is 17.2 Å². The number of benzene rings is 1. The quantitative estimate of drug-likeness (QED) is 0.938. The van der Waals surface area contributed by atoms with Gasteiger partial charge in [0.05, 0.1) is 30.5 Å². The Labute approximate surface area is 133 Å². The summed E-state index contributed by atoms with van der Waals surface area (Å²) in [7, 11) is 0. The minimum atomic E-state index is -0.502. The van der Waals surface area contributed by atoms with Crippen molar-refractivity contribution in [2.75, 3.05) is 19.8 Å². The molecule has 1 aromatic carbocycles. The van der Waals surface area contributed by atoms with Gasteiger partial charge in [0.2, 0.25) is 0 Å². The van der Waals surface area contributed by atoms with Crippen molar-refractivity contribution in [1.29, 1.82) is 0 Å². The fourth-order valence-electron chi connectivity index (χ4n) is 2.28. The zero-order valence-corrected chi connectivity index (χ0v) is 13.2. The van der Waals surface area contributed by atoms with Gasteiger partial charge in [-0.3, -0.25) is 4.79 Å². The smallest absolute Gasteiger partial charge is 0.251 e. The van der Waals surface area contributed by atoms with Crippen molar-refractivity contribution in [1.82, 2.24) is 10.3 Å². The van der Waals surface area contributed by atoms with Crippen LogP contribution in [0.5, 0.6) is 0 Å². The third-order valence-electron chi connectivity index (χ3n) is 3.42. The molecule has 1 amide bonds. The van der Waals surface area contributed by atoms with E-state index in [9.17, 15) is 4.79 Å². The van der Waals surface area contributed by atoms with Gasteiger partial charge >= 0.3 is 0 Å². The number of amides is 1. The molecule has 1 atom stereocenters. The average molecular weight is 318 g/mol. The van der Waals surface area contributed by atoms with Gasteiger partial charge in [0, 0.05) is 17.5 Å². The highest BCUT2D eigenvalue weighted by Crippen LogP contribution is 2.22. The number of carbonyl (C=O) groups is 1. The standard InChI is InChI=1S/C16H18N2O3S/c1-11-18-14(10-22-11)13-4-2-3-12(7-13)8-17-16(19)15-9-20-5-6-21-15/h2-4,7,10,15H,5-6,8-9H2,1H3,(H,17,19). The van der Waals surface area contributed by atoms with Gasteiger partial charge in [-0.05, 0) is 18.6 Å². The number of carbonyl (C=O) groups excluding carboxylic acids is 1. The van der Waals surface area contributed by atoms with Crippen LogP contribution in [0.2, 0.25) is 0 Å². The molecule has 1 saturated heterocycles. The van der Waals surface area contributed by atoms with Crippen LogP contribution in [0.25, 0.3) is 11.3 Å². The molecule has 0 saturated carbocycles. The lowest BCUT2D eigenvalue weighted by Gasteiger charge is -2.22. The van der Waals surface area contributed by atoms with E-state index >= 15 is 0 Å². The van der Waals surface area contributed by atoms with Crippen LogP contribution in [-0.4, -0.2) is 36.8 Å². The van der Waals surface area contributed by atoms with E-state index in [1.54, 1.807) is 11.3 Å². The minimum absolute atomic E-state index is 0.130. The van der Waals surface area contributed by atoms with E-state index in [-0.39, 0.29) is 5.91 Å². The first-order valence-corrected chi connectivity index (χ1v) is 8.09. The summed E-state index contributed by atoms with van der Waals surface area (Å²) in [6, 6.07) is 8.04. The molecule has 2 aromatic rings. The average Bonchev–Trinajstić information content (AvgIpc) is 3.00. The molecule has 1 N–H and O–H groups in total. The van der Waals surface area contributed by atoms with E-state index in [0.29, 0.717) is 26.4 Å². The van der Waals surface area contributed by atoms with E-state index in [4.69, 9.17) is 9.47 Å². The van der Waals surface area contributed by atoms with Gasteiger partial charge in [-0.2, -0.15) is 0 Å². The maximum absolute atomic E-state index is 12.0. The van der Waals surface area contributed by atoms with Crippen molar-refractivity contribution in [2.24, 2.45) is 0 Å². The molecule has 0 bridgehead atoms. The van der Waals surface area contributed by atoms with Crippen LogP contribution in [0.4, 0.5) is 0 Å². The Bertz CT molecular complexity index is 650. The molecule has 5 nitrogen and oxygen atoms in total. The molecule has 0 aliphatic carbocycles. The zero-order chi connectivity index (χ0) is 15.4. The predicted molar refractivity (Wildman–Crippen MR) is 84.7 cm³/mol. The van der Waals surface area contributed by atoms with E-state index in [2.05, 4.69) is 10.3 Å². The maximum atomic E-state index is 12.0. The third kappa shape index (κ3) is 3.71. The molecule has 1 aliphatic heterocycles. The Hall–Kier alpha value is -1.76. The molecule has 6 heteroatoms. The van der Waals surface area contributed by atoms with E-state index in [1.807, 2.05) is 36.6 Å². The number of ether oxygens (including phenoxy) is 2. The monoisotopic (exact) mass is 318 g/mol. The Balaban J connectivity index is 1.62. The molecule has 0 spiro atoms. The normalized spacial score (nSPS) is 18.1. The lowest BCUT2D eigenvalue weighted by molar-refractivity contribution is -0.147. The van der Waals surface area contributed by atoms with Gasteiger partial charge in [0.15, 0.2) is 6.10 Å². The lowest BCUT2D eigenvalue weighted by atomic mass is 10.1. The van der Waals surface area contributed by atoms with Gasteiger partial charge in [-0.25, -0.2) is 4.98 Å². The maximum Gasteiger partial charge on any atom is 0.251 e. The number of aryl methyl sites for hydroxylation is 1. The molecule has 2 heterocycles. The van der Waals surface area contributed by atoms with E-state index in [1.165, 1.54) is 0 Å². The number of nitrogens with zero attached hydrogens (tertiary/aromatic N) is 1. The highest BCUT2D eigenvalue weighted by Gasteiger charge is 2.22. The van der Waals surface area contributed by atoms with Crippen molar-refractivity contribution < 1.29 is 14.3 Å². The van der Waals surface area contributed by atoms with Crippen LogP contribution in [0.3, 0.4) is 0 Å². The number of aromatic nitrogens is 1. The number of nitrogens with one attached hydrogen (secondary N) is 1. The Morgan fingerprint density at radius 2 is 2.36 bits per heavy atom. The first kappa shape index (κ1) is 15.1. The van der Waals surface area contributed by atoms with Gasteiger partial charge < -0.3 is 14.8 Å². The first-order chi connectivity index (χ1) is 10.7. The first-order valence-electron chi connectivity index (χ1n) is 7.21. The molecule has 1 fully saturated rings. The van der Waals surface area contributed by atoms with Crippen molar-refractivity contribution in [3.05, 3.63) is 40.2 Å². The number of rotatable bonds is 4. The molecule has 116 valence electrons. The van der Waals surface area contributed by atoms with E-state index in [0.717, 1.165) is 21.8 Å².